The first-order valence-electron chi connectivity index (χ1n) is 9.35. The van der Waals surface area contributed by atoms with Crippen LogP contribution in [0.2, 0.25) is 0 Å². The molecule has 0 bridgehead atoms. The number of phenolic OH excluding ortho intramolecular Hbond substituents is 1. The number of hydrogen-bond donors (Lipinski definition) is 2. The molecule has 0 amide bonds. The van der Waals surface area contributed by atoms with Crippen LogP contribution in [0.1, 0.15) is 70.0 Å². The Labute approximate surface area is 162 Å². The van der Waals surface area contributed by atoms with Gasteiger partial charge in [0.1, 0.15) is 5.75 Å². The van der Waals surface area contributed by atoms with E-state index in [1.807, 2.05) is 24.3 Å². The Morgan fingerprint density at radius 1 is 0.926 bits per heavy atom. The van der Waals surface area contributed by atoms with Crippen LogP contribution < -0.4 is 5.32 Å². The number of carbonyl (C=O) groups is 1. The minimum Gasteiger partial charge on any atom is -0.507 e. The quantitative estimate of drug-likeness (QED) is 0.520. The van der Waals surface area contributed by atoms with Gasteiger partial charge in [-0.25, -0.2) is 4.79 Å². The first-order chi connectivity index (χ1) is 12.4. The molecule has 0 fully saturated rings. The maximum absolute atomic E-state index is 11.8. The van der Waals surface area contributed by atoms with Crippen LogP contribution in [0.3, 0.4) is 0 Å². The van der Waals surface area contributed by atoms with Crippen molar-refractivity contribution in [3.8, 4) is 5.75 Å². The third kappa shape index (κ3) is 5.03. The smallest absolute Gasteiger partial charge is 0.338 e. The number of ether oxygens (including phenoxy) is 1. The molecular weight excluding hydrogens is 338 g/mol. The molecule has 0 aliphatic carbocycles. The van der Waals surface area contributed by atoms with E-state index in [9.17, 15) is 9.90 Å². The molecule has 0 spiro atoms. The average molecular weight is 370 g/mol. The van der Waals surface area contributed by atoms with Gasteiger partial charge in [-0.2, -0.15) is 0 Å². The molecule has 4 nitrogen and oxygen atoms in total. The van der Waals surface area contributed by atoms with E-state index in [2.05, 4.69) is 46.9 Å². The predicted molar refractivity (Wildman–Crippen MR) is 111 cm³/mol. The van der Waals surface area contributed by atoms with E-state index in [1.54, 1.807) is 19.1 Å². The number of aromatic hydroxyl groups is 1. The molecule has 2 aromatic rings. The summed E-state index contributed by atoms with van der Waals surface area (Å²) in [6, 6.07) is 11.2. The fourth-order valence-electron chi connectivity index (χ4n) is 2.92. The van der Waals surface area contributed by atoms with E-state index in [4.69, 9.17) is 4.74 Å². The number of anilines is 2. The van der Waals surface area contributed by atoms with Crippen LogP contribution >= 0.6 is 0 Å². The summed E-state index contributed by atoms with van der Waals surface area (Å²) in [4.78, 5) is 11.8. The second-order valence-corrected chi connectivity index (χ2v) is 8.84. The molecular formula is C23H31NO3. The van der Waals surface area contributed by atoms with Crippen LogP contribution in [0.4, 0.5) is 11.4 Å². The normalized spacial score (nSPS) is 12.0. The second-order valence-electron chi connectivity index (χ2n) is 8.84. The molecule has 0 aliphatic heterocycles. The van der Waals surface area contributed by atoms with E-state index in [0.29, 0.717) is 17.9 Å². The molecule has 0 aromatic heterocycles. The molecule has 2 aromatic carbocycles. The van der Waals surface area contributed by atoms with Gasteiger partial charge in [-0.05, 0) is 54.2 Å². The highest BCUT2D eigenvalue weighted by Gasteiger charge is 2.26. The number of hydrogen-bond acceptors (Lipinski definition) is 4. The third-order valence-electron chi connectivity index (χ3n) is 4.41. The number of benzene rings is 2. The predicted octanol–water partition coefficient (Wildman–Crippen LogP) is 5.91. The lowest BCUT2D eigenvalue weighted by Gasteiger charge is -2.28. The SMILES string of the molecule is CCOC(=O)c1ccc(Nc2cc(C(C)(C)C)c(O)c(C(C)(C)C)c2)cc1. The maximum atomic E-state index is 11.8. The maximum Gasteiger partial charge on any atom is 0.338 e. The van der Waals surface area contributed by atoms with Crippen molar-refractivity contribution in [2.45, 2.75) is 59.3 Å². The van der Waals surface area contributed by atoms with Crippen LogP contribution in [0.5, 0.6) is 5.75 Å². The zero-order valence-corrected chi connectivity index (χ0v) is 17.4. The molecule has 0 unspecified atom stereocenters. The zero-order valence-electron chi connectivity index (χ0n) is 17.4. The van der Waals surface area contributed by atoms with Gasteiger partial charge in [0, 0.05) is 22.5 Å². The average Bonchev–Trinajstić information content (AvgIpc) is 2.55. The van der Waals surface area contributed by atoms with E-state index in [0.717, 1.165) is 22.5 Å². The summed E-state index contributed by atoms with van der Waals surface area (Å²) in [6.07, 6.45) is 0. The first kappa shape index (κ1) is 20.8. The molecule has 146 valence electrons. The highest BCUT2D eigenvalue weighted by atomic mass is 16.5. The Balaban J connectivity index is 2.40. The largest absolute Gasteiger partial charge is 0.507 e. The van der Waals surface area contributed by atoms with Gasteiger partial charge in [0.2, 0.25) is 0 Å². The number of nitrogens with one attached hydrogen (secondary N) is 1. The fourth-order valence-corrected chi connectivity index (χ4v) is 2.92. The van der Waals surface area contributed by atoms with Crippen molar-refractivity contribution in [3.63, 3.8) is 0 Å². The molecule has 27 heavy (non-hydrogen) atoms. The van der Waals surface area contributed by atoms with Crippen molar-refractivity contribution < 1.29 is 14.6 Å². The summed E-state index contributed by atoms with van der Waals surface area (Å²) in [7, 11) is 0. The lowest BCUT2D eigenvalue weighted by molar-refractivity contribution is 0.0526. The van der Waals surface area contributed by atoms with Crippen molar-refractivity contribution in [2.24, 2.45) is 0 Å². The monoisotopic (exact) mass is 369 g/mol. The van der Waals surface area contributed by atoms with Gasteiger partial charge >= 0.3 is 5.97 Å². The summed E-state index contributed by atoms with van der Waals surface area (Å²) in [6.45, 7) is 14.7. The zero-order chi connectivity index (χ0) is 20.4. The van der Waals surface area contributed by atoms with Gasteiger partial charge in [-0.15, -0.1) is 0 Å². The van der Waals surface area contributed by atoms with Crippen LogP contribution in [0.25, 0.3) is 0 Å². The number of esters is 1. The number of carbonyl (C=O) groups excluding carboxylic acids is 1. The van der Waals surface area contributed by atoms with Gasteiger partial charge < -0.3 is 15.2 Å². The summed E-state index contributed by atoms with van der Waals surface area (Å²) >= 11 is 0. The molecule has 2 rings (SSSR count). The summed E-state index contributed by atoms with van der Waals surface area (Å²) in [5.41, 5.74) is 3.74. The van der Waals surface area contributed by atoms with Crippen LogP contribution in [-0.2, 0) is 15.6 Å². The molecule has 0 saturated heterocycles. The molecule has 0 atom stereocenters. The molecule has 0 aliphatic rings. The van der Waals surface area contributed by atoms with Crippen molar-refractivity contribution in [2.75, 3.05) is 11.9 Å². The van der Waals surface area contributed by atoms with E-state index in [-0.39, 0.29) is 16.8 Å². The third-order valence-corrected chi connectivity index (χ3v) is 4.41. The molecule has 2 N–H and O–H groups in total. The molecule has 4 heteroatoms. The van der Waals surface area contributed by atoms with Gasteiger partial charge in [0.05, 0.1) is 12.2 Å². The standard InChI is InChI=1S/C23H31NO3/c1-8-27-21(26)15-9-11-16(12-10-15)24-17-13-18(22(2,3)4)20(25)19(14-17)23(5,6)7/h9-14,24-25H,8H2,1-7H3. The van der Waals surface area contributed by atoms with E-state index in [1.165, 1.54) is 0 Å². The highest BCUT2D eigenvalue weighted by Crippen LogP contribution is 2.41. The van der Waals surface area contributed by atoms with Crippen LogP contribution in [0.15, 0.2) is 36.4 Å². The molecule has 0 saturated carbocycles. The fraction of sp³-hybridized carbons (Fsp3) is 0.435. The Kier molecular flexibility index (Phi) is 5.88. The summed E-state index contributed by atoms with van der Waals surface area (Å²) in [5, 5.41) is 14.2. The van der Waals surface area contributed by atoms with Crippen LogP contribution in [-0.4, -0.2) is 17.7 Å². The van der Waals surface area contributed by atoms with Crippen molar-refractivity contribution in [1.29, 1.82) is 0 Å². The van der Waals surface area contributed by atoms with Crippen molar-refractivity contribution in [3.05, 3.63) is 53.1 Å². The second kappa shape index (κ2) is 7.63. The summed E-state index contributed by atoms with van der Waals surface area (Å²) < 4.78 is 5.02. The van der Waals surface area contributed by atoms with Gasteiger partial charge in [0.15, 0.2) is 0 Å². The molecule has 0 heterocycles. The van der Waals surface area contributed by atoms with Gasteiger partial charge in [0.25, 0.3) is 0 Å². The lowest BCUT2D eigenvalue weighted by atomic mass is 9.79. The lowest BCUT2D eigenvalue weighted by Crippen LogP contribution is -2.17. The van der Waals surface area contributed by atoms with Crippen LogP contribution in [0, 0.1) is 0 Å². The van der Waals surface area contributed by atoms with Crippen molar-refractivity contribution in [1.82, 2.24) is 0 Å². The summed E-state index contributed by atoms with van der Waals surface area (Å²) in [5.74, 6) is 0.0388. The van der Waals surface area contributed by atoms with E-state index >= 15 is 0 Å². The topological polar surface area (TPSA) is 58.6 Å². The first-order valence-corrected chi connectivity index (χ1v) is 9.35. The Morgan fingerprint density at radius 2 is 1.41 bits per heavy atom. The molecule has 0 radical (unpaired) electrons. The van der Waals surface area contributed by atoms with Gasteiger partial charge in [-0.1, -0.05) is 41.5 Å². The Morgan fingerprint density at radius 3 is 1.81 bits per heavy atom. The van der Waals surface area contributed by atoms with Gasteiger partial charge in [-0.3, -0.25) is 0 Å². The number of rotatable bonds is 4. The highest BCUT2D eigenvalue weighted by molar-refractivity contribution is 5.89. The minimum atomic E-state index is -0.321. The van der Waals surface area contributed by atoms with E-state index < -0.39 is 0 Å². The van der Waals surface area contributed by atoms with Crippen molar-refractivity contribution >= 4 is 17.3 Å². The Hall–Kier alpha value is -2.49. The Bertz CT molecular complexity index is 774. The minimum absolute atomic E-state index is 0.185. The number of phenols is 1.